The first-order valence-corrected chi connectivity index (χ1v) is 16.3. The number of benzene rings is 3. The van der Waals surface area contributed by atoms with Crippen LogP contribution in [0, 0.1) is 0 Å². The Morgan fingerprint density at radius 2 is 1.64 bits per heavy atom. The Kier molecular flexibility index (Phi) is 10.3. The highest BCUT2D eigenvalue weighted by Crippen LogP contribution is 2.30. The summed E-state index contributed by atoms with van der Waals surface area (Å²) in [6, 6.07) is 22.0. The summed E-state index contributed by atoms with van der Waals surface area (Å²) in [6.45, 7) is 5.19. The monoisotopic (exact) mass is 641 g/mol. The van der Waals surface area contributed by atoms with Gasteiger partial charge in [0, 0.05) is 59.0 Å². The summed E-state index contributed by atoms with van der Waals surface area (Å²) in [5.74, 6) is -0.431. The van der Waals surface area contributed by atoms with Crippen molar-refractivity contribution in [3.8, 4) is 0 Å². The molecule has 0 saturated carbocycles. The lowest BCUT2D eigenvalue weighted by Gasteiger charge is -2.36. The van der Waals surface area contributed by atoms with Gasteiger partial charge in [0.05, 0.1) is 12.1 Å². The highest BCUT2D eigenvalue weighted by molar-refractivity contribution is 7.98. The topological polar surface area (TPSA) is 59.1 Å². The molecule has 3 aromatic carbocycles. The lowest BCUT2D eigenvalue weighted by Crippen LogP contribution is -2.47. The van der Waals surface area contributed by atoms with Crippen LogP contribution in [0.4, 0.5) is 17.1 Å². The van der Waals surface area contributed by atoms with Crippen LogP contribution in [-0.2, 0) is 9.59 Å². The van der Waals surface area contributed by atoms with Crippen molar-refractivity contribution in [2.45, 2.75) is 23.8 Å². The van der Waals surface area contributed by atoms with Gasteiger partial charge in [0.15, 0.2) is 5.11 Å². The number of thiocarbonyl (C=S) groups is 1. The van der Waals surface area contributed by atoms with Crippen molar-refractivity contribution in [2.24, 2.45) is 0 Å². The van der Waals surface area contributed by atoms with Gasteiger partial charge in [0.2, 0.25) is 5.91 Å². The number of carbonyl (C=O) groups excluding carboxylic acids is 2. The maximum absolute atomic E-state index is 13.8. The average Bonchev–Trinajstić information content (AvgIpc) is 3.22. The molecular formula is C31H33Cl2N5O2S2. The van der Waals surface area contributed by atoms with E-state index in [1.165, 1.54) is 0 Å². The molecule has 0 radical (unpaired) electrons. The maximum atomic E-state index is 13.8. The summed E-state index contributed by atoms with van der Waals surface area (Å²) in [7, 11) is 0. The highest BCUT2D eigenvalue weighted by atomic mass is 35.5. The van der Waals surface area contributed by atoms with E-state index in [4.69, 9.17) is 35.4 Å². The second-order valence-electron chi connectivity index (χ2n) is 10.3. The molecular weight excluding hydrogens is 609 g/mol. The molecule has 1 atom stereocenters. The SMILES string of the molecule is CSc1cccc(N2C(=O)[C@@H](CC(=O)Nc3ccc(Cl)cc3)N(CCCN3CCN(c4cccc(Cl)c4)CC3)C2=S)c1. The number of hydrogen-bond acceptors (Lipinski definition) is 6. The number of halogens is 2. The van der Waals surface area contributed by atoms with Gasteiger partial charge >= 0.3 is 0 Å². The molecule has 2 amide bonds. The maximum Gasteiger partial charge on any atom is 0.256 e. The molecule has 5 rings (SSSR count). The lowest BCUT2D eigenvalue weighted by atomic mass is 10.1. The highest BCUT2D eigenvalue weighted by Gasteiger charge is 2.44. The zero-order valence-electron chi connectivity index (χ0n) is 23.3. The number of rotatable bonds is 10. The molecule has 2 aliphatic rings. The summed E-state index contributed by atoms with van der Waals surface area (Å²) in [5.41, 5.74) is 2.50. The molecule has 220 valence electrons. The van der Waals surface area contributed by atoms with Crippen LogP contribution < -0.4 is 15.1 Å². The predicted octanol–water partition coefficient (Wildman–Crippen LogP) is 6.26. The minimum Gasteiger partial charge on any atom is -0.369 e. The first-order valence-electron chi connectivity index (χ1n) is 13.9. The average molecular weight is 643 g/mol. The van der Waals surface area contributed by atoms with Gasteiger partial charge in [-0.25, -0.2) is 0 Å². The van der Waals surface area contributed by atoms with Crippen LogP contribution in [0.15, 0.2) is 77.7 Å². The van der Waals surface area contributed by atoms with Crippen LogP contribution >= 0.6 is 47.2 Å². The molecule has 3 aromatic rings. The molecule has 42 heavy (non-hydrogen) atoms. The van der Waals surface area contributed by atoms with Gasteiger partial charge in [0.25, 0.3) is 5.91 Å². The molecule has 0 aromatic heterocycles. The summed E-state index contributed by atoms with van der Waals surface area (Å²) in [4.78, 5) is 36.2. The van der Waals surface area contributed by atoms with Gasteiger partial charge in [-0.2, -0.15) is 0 Å². The molecule has 2 fully saturated rings. The Morgan fingerprint density at radius 3 is 2.36 bits per heavy atom. The van der Waals surface area contributed by atoms with Crippen LogP contribution in [0.25, 0.3) is 0 Å². The number of carbonyl (C=O) groups is 2. The lowest BCUT2D eigenvalue weighted by molar-refractivity contribution is -0.124. The van der Waals surface area contributed by atoms with Gasteiger partial charge in [-0.15, -0.1) is 11.8 Å². The third-order valence-electron chi connectivity index (χ3n) is 7.56. The molecule has 0 unspecified atom stereocenters. The molecule has 2 heterocycles. The summed E-state index contributed by atoms with van der Waals surface area (Å²) < 4.78 is 0. The van der Waals surface area contributed by atoms with Gasteiger partial charge in [-0.1, -0.05) is 35.3 Å². The van der Waals surface area contributed by atoms with E-state index in [9.17, 15) is 9.59 Å². The van der Waals surface area contributed by atoms with Gasteiger partial charge in [-0.3, -0.25) is 19.4 Å². The molecule has 2 saturated heterocycles. The molecule has 11 heteroatoms. The third-order valence-corrected chi connectivity index (χ3v) is 9.19. The van der Waals surface area contributed by atoms with Crippen molar-refractivity contribution in [3.63, 3.8) is 0 Å². The van der Waals surface area contributed by atoms with Crippen molar-refractivity contribution in [1.82, 2.24) is 9.80 Å². The Labute approximate surface area is 266 Å². The minimum atomic E-state index is -0.678. The molecule has 7 nitrogen and oxygen atoms in total. The van der Waals surface area contributed by atoms with Gasteiger partial charge < -0.3 is 15.1 Å². The number of hydrogen-bond donors (Lipinski definition) is 1. The molecule has 2 aliphatic heterocycles. The minimum absolute atomic E-state index is 0.00136. The van der Waals surface area contributed by atoms with Crippen molar-refractivity contribution in [3.05, 3.63) is 82.8 Å². The van der Waals surface area contributed by atoms with Crippen LogP contribution in [0.2, 0.25) is 10.0 Å². The number of nitrogens with one attached hydrogen (secondary N) is 1. The van der Waals surface area contributed by atoms with Crippen molar-refractivity contribution in [1.29, 1.82) is 0 Å². The predicted molar refractivity (Wildman–Crippen MR) is 178 cm³/mol. The number of piperazine rings is 1. The Morgan fingerprint density at radius 1 is 0.929 bits per heavy atom. The molecule has 1 N–H and O–H groups in total. The zero-order valence-corrected chi connectivity index (χ0v) is 26.5. The van der Waals surface area contributed by atoms with Crippen LogP contribution in [0.5, 0.6) is 0 Å². The standard InChI is InChI=1S/C31H33Cl2N5O2S2/c1-42-27-8-3-7-26(20-27)38-30(40)28(21-29(39)34-24-11-9-22(32)10-12-24)37(31(38)41)14-4-13-35-15-17-36(18-16-35)25-6-2-5-23(33)19-25/h2-3,5-12,19-20,28H,4,13-18,21H2,1H3,(H,34,39)/t28-/m1/s1. The van der Waals surface area contributed by atoms with Crippen molar-refractivity contribution >= 4 is 81.2 Å². The fourth-order valence-corrected chi connectivity index (χ4v) is 6.54. The summed E-state index contributed by atoms with van der Waals surface area (Å²) in [5, 5.41) is 4.66. The largest absolute Gasteiger partial charge is 0.369 e. The van der Waals surface area contributed by atoms with E-state index in [0.29, 0.717) is 22.4 Å². The van der Waals surface area contributed by atoms with Crippen molar-refractivity contribution < 1.29 is 9.59 Å². The molecule has 0 bridgehead atoms. The first kappa shape index (κ1) is 30.6. The molecule has 0 spiro atoms. The van der Waals surface area contributed by atoms with Crippen LogP contribution in [-0.4, -0.2) is 78.3 Å². The third kappa shape index (κ3) is 7.38. The van der Waals surface area contributed by atoms with E-state index >= 15 is 0 Å². The number of amides is 2. The van der Waals surface area contributed by atoms with Crippen LogP contribution in [0.3, 0.4) is 0 Å². The zero-order chi connectivity index (χ0) is 29.6. The summed E-state index contributed by atoms with van der Waals surface area (Å²) >= 11 is 19.6. The molecule has 0 aliphatic carbocycles. The first-order chi connectivity index (χ1) is 20.3. The smallest absolute Gasteiger partial charge is 0.256 e. The van der Waals surface area contributed by atoms with E-state index < -0.39 is 6.04 Å². The van der Waals surface area contributed by atoms with E-state index in [0.717, 1.165) is 60.4 Å². The van der Waals surface area contributed by atoms with Crippen molar-refractivity contribution in [2.75, 3.05) is 60.6 Å². The number of thioether (sulfide) groups is 1. The van der Waals surface area contributed by atoms with Crippen LogP contribution in [0.1, 0.15) is 12.8 Å². The fraction of sp³-hybridized carbons (Fsp3) is 0.323. The Balaban J connectivity index is 1.24. The Hall–Kier alpha value is -2.82. The second kappa shape index (κ2) is 14.1. The second-order valence-corrected chi connectivity index (χ2v) is 12.4. The van der Waals surface area contributed by atoms with Gasteiger partial charge in [0.1, 0.15) is 6.04 Å². The van der Waals surface area contributed by atoms with E-state index in [1.807, 2.05) is 53.6 Å². The quantitative estimate of drug-likeness (QED) is 0.207. The number of nitrogens with zero attached hydrogens (tertiary/aromatic N) is 4. The number of anilines is 3. The fourth-order valence-electron chi connectivity index (χ4n) is 5.36. The normalized spacial score (nSPS) is 17.7. The Bertz CT molecular complexity index is 1430. The van der Waals surface area contributed by atoms with Gasteiger partial charge in [-0.05, 0) is 92.1 Å². The van der Waals surface area contributed by atoms with E-state index in [2.05, 4.69) is 21.2 Å². The van der Waals surface area contributed by atoms with E-state index in [-0.39, 0.29) is 18.2 Å². The summed E-state index contributed by atoms with van der Waals surface area (Å²) in [6.07, 6.45) is 2.81. The van der Waals surface area contributed by atoms with E-state index in [1.54, 1.807) is 40.9 Å².